The number of benzene rings is 1. The lowest BCUT2D eigenvalue weighted by molar-refractivity contribution is -0.143. The van der Waals surface area contributed by atoms with Gasteiger partial charge in [0.1, 0.15) is 11.4 Å². The Hall–Kier alpha value is -2.87. The second kappa shape index (κ2) is 8.47. The van der Waals surface area contributed by atoms with Gasteiger partial charge >= 0.3 is 6.18 Å². The van der Waals surface area contributed by atoms with Crippen molar-refractivity contribution in [1.82, 2.24) is 19.9 Å². The Morgan fingerprint density at radius 2 is 1.77 bits per heavy atom. The molecule has 0 aliphatic heterocycles. The second-order valence-electron chi connectivity index (χ2n) is 7.12. The number of rotatable bonds is 5. The summed E-state index contributed by atoms with van der Waals surface area (Å²) < 4.78 is 43.3. The van der Waals surface area contributed by atoms with Crippen molar-refractivity contribution in [1.29, 1.82) is 0 Å². The number of amides is 1. The fourth-order valence-corrected chi connectivity index (χ4v) is 3.41. The minimum atomic E-state index is -4.68. The van der Waals surface area contributed by atoms with Gasteiger partial charge in [0.15, 0.2) is 5.82 Å². The molecule has 0 aliphatic rings. The highest BCUT2D eigenvalue weighted by Gasteiger charge is 2.41. The summed E-state index contributed by atoms with van der Waals surface area (Å²) in [6.45, 7) is 4.66. The maximum atomic E-state index is 14.1. The molecule has 3 rings (SSSR count). The Labute approximate surface area is 176 Å². The molecule has 0 unspecified atom stereocenters. The Bertz CT molecular complexity index is 1040. The summed E-state index contributed by atoms with van der Waals surface area (Å²) in [6, 6.07) is 8.38. The van der Waals surface area contributed by atoms with Crippen molar-refractivity contribution in [3.05, 3.63) is 70.3 Å². The smallest absolute Gasteiger partial charge is 0.349 e. The van der Waals surface area contributed by atoms with Crippen molar-refractivity contribution in [3.63, 3.8) is 0 Å². The SMILES string of the molecule is Cc1c(-c2ncc(Cl)cn2)c(C(=O)NC(C)C)n(Cc2ccccc2)c1C(F)(F)F. The maximum Gasteiger partial charge on any atom is 0.431 e. The number of carbonyl (C=O) groups is 1. The zero-order valence-corrected chi connectivity index (χ0v) is 17.3. The molecule has 0 radical (unpaired) electrons. The molecule has 158 valence electrons. The van der Waals surface area contributed by atoms with Crippen LogP contribution in [0.1, 0.15) is 41.2 Å². The fraction of sp³-hybridized carbons (Fsp3) is 0.286. The molecule has 1 aromatic carbocycles. The summed E-state index contributed by atoms with van der Waals surface area (Å²) in [5, 5.41) is 2.93. The van der Waals surface area contributed by atoms with Gasteiger partial charge in [-0.15, -0.1) is 0 Å². The molecule has 1 N–H and O–H groups in total. The first-order valence-electron chi connectivity index (χ1n) is 9.22. The predicted octanol–water partition coefficient (Wildman–Crippen LogP) is 5.11. The van der Waals surface area contributed by atoms with E-state index in [0.717, 1.165) is 4.57 Å². The van der Waals surface area contributed by atoms with E-state index in [1.54, 1.807) is 44.2 Å². The van der Waals surface area contributed by atoms with Crippen LogP contribution >= 0.6 is 11.6 Å². The molecule has 3 aromatic rings. The summed E-state index contributed by atoms with van der Waals surface area (Å²) in [5.74, 6) is -0.629. The third kappa shape index (κ3) is 4.48. The first kappa shape index (κ1) is 21.8. The van der Waals surface area contributed by atoms with Gasteiger partial charge in [0.2, 0.25) is 0 Å². The van der Waals surface area contributed by atoms with E-state index in [2.05, 4.69) is 15.3 Å². The first-order valence-corrected chi connectivity index (χ1v) is 9.60. The third-order valence-corrected chi connectivity index (χ3v) is 4.63. The van der Waals surface area contributed by atoms with Gasteiger partial charge < -0.3 is 9.88 Å². The fourth-order valence-electron chi connectivity index (χ4n) is 3.32. The first-order chi connectivity index (χ1) is 14.1. The number of alkyl halides is 3. The molecule has 0 saturated carbocycles. The highest BCUT2D eigenvalue weighted by atomic mass is 35.5. The Kier molecular flexibility index (Phi) is 6.17. The number of hydrogen-bond acceptors (Lipinski definition) is 3. The molecule has 9 heteroatoms. The van der Waals surface area contributed by atoms with E-state index in [1.807, 2.05) is 0 Å². The van der Waals surface area contributed by atoms with E-state index in [4.69, 9.17) is 11.6 Å². The van der Waals surface area contributed by atoms with Crippen LogP contribution in [-0.2, 0) is 12.7 Å². The van der Waals surface area contributed by atoms with Crippen LogP contribution in [0.15, 0.2) is 42.7 Å². The number of carbonyl (C=O) groups excluding carboxylic acids is 1. The third-order valence-electron chi connectivity index (χ3n) is 4.44. The highest BCUT2D eigenvalue weighted by Crippen LogP contribution is 2.40. The summed E-state index contributed by atoms with van der Waals surface area (Å²) in [4.78, 5) is 21.2. The number of aromatic nitrogens is 3. The molecule has 0 saturated heterocycles. The molecule has 0 atom stereocenters. The molecule has 0 spiro atoms. The number of nitrogens with zero attached hydrogens (tertiary/aromatic N) is 3. The standard InChI is InChI=1S/C21H20ClF3N4O/c1-12(2)28-20(30)17-16(19-26-9-15(22)10-27-19)13(3)18(21(23,24)25)29(17)11-14-7-5-4-6-8-14/h4-10,12H,11H2,1-3H3,(H,28,30). The van der Waals surface area contributed by atoms with Gasteiger partial charge in [-0.25, -0.2) is 9.97 Å². The van der Waals surface area contributed by atoms with E-state index in [0.29, 0.717) is 5.56 Å². The van der Waals surface area contributed by atoms with Crippen molar-refractivity contribution < 1.29 is 18.0 Å². The molecule has 1 amide bonds. The summed E-state index contributed by atoms with van der Waals surface area (Å²) in [5.41, 5.74) is -0.503. The normalized spacial score (nSPS) is 11.7. The van der Waals surface area contributed by atoms with Gasteiger partial charge in [0, 0.05) is 25.0 Å². The molecular formula is C21H20ClF3N4O. The van der Waals surface area contributed by atoms with E-state index >= 15 is 0 Å². The highest BCUT2D eigenvalue weighted by molar-refractivity contribution is 6.30. The van der Waals surface area contributed by atoms with E-state index < -0.39 is 17.8 Å². The van der Waals surface area contributed by atoms with Crippen LogP contribution in [0.3, 0.4) is 0 Å². The van der Waals surface area contributed by atoms with Crippen LogP contribution in [0, 0.1) is 6.92 Å². The number of halogens is 4. The largest absolute Gasteiger partial charge is 0.431 e. The topological polar surface area (TPSA) is 59.8 Å². The lowest BCUT2D eigenvalue weighted by atomic mass is 10.1. The summed E-state index contributed by atoms with van der Waals surface area (Å²) in [7, 11) is 0. The van der Waals surface area contributed by atoms with Crippen LogP contribution in [0.4, 0.5) is 13.2 Å². The Balaban J connectivity index is 2.32. The van der Waals surface area contributed by atoms with Crippen molar-refractivity contribution in [3.8, 4) is 11.4 Å². The van der Waals surface area contributed by atoms with E-state index in [9.17, 15) is 18.0 Å². The van der Waals surface area contributed by atoms with Gasteiger partial charge in [-0.1, -0.05) is 41.9 Å². The van der Waals surface area contributed by atoms with Gasteiger partial charge in [-0.2, -0.15) is 13.2 Å². The van der Waals surface area contributed by atoms with Crippen LogP contribution in [-0.4, -0.2) is 26.5 Å². The van der Waals surface area contributed by atoms with Crippen LogP contribution in [0.5, 0.6) is 0 Å². The molecule has 2 aromatic heterocycles. The molecule has 0 aliphatic carbocycles. The molecule has 0 bridgehead atoms. The average molecular weight is 437 g/mol. The monoisotopic (exact) mass is 436 g/mol. The summed E-state index contributed by atoms with van der Waals surface area (Å²) in [6.07, 6.45) is -2.11. The second-order valence-corrected chi connectivity index (χ2v) is 7.56. The minimum Gasteiger partial charge on any atom is -0.349 e. The molecule has 0 fully saturated rings. The van der Waals surface area contributed by atoms with Crippen molar-refractivity contribution in [2.24, 2.45) is 0 Å². The van der Waals surface area contributed by atoms with Crippen molar-refractivity contribution >= 4 is 17.5 Å². The minimum absolute atomic E-state index is 0.00289. The Morgan fingerprint density at radius 1 is 1.17 bits per heavy atom. The quantitative estimate of drug-likeness (QED) is 0.604. The number of nitrogens with one attached hydrogen (secondary N) is 1. The van der Waals surface area contributed by atoms with Crippen LogP contribution in [0.2, 0.25) is 5.02 Å². The van der Waals surface area contributed by atoms with Gasteiger partial charge in [-0.3, -0.25) is 4.79 Å². The van der Waals surface area contributed by atoms with Crippen molar-refractivity contribution in [2.75, 3.05) is 0 Å². The van der Waals surface area contributed by atoms with Crippen LogP contribution in [0.25, 0.3) is 11.4 Å². The molecule has 2 heterocycles. The van der Waals surface area contributed by atoms with Crippen LogP contribution < -0.4 is 5.32 Å². The average Bonchev–Trinajstić information content (AvgIpc) is 2.95. The van der Waals surface area contributed by atoms with E-state index in [1.165, 1.54) is 19.3 Å². The maximum absolute atomic E-state index is 14.1. The summed E-state index contributed by atoms with van der Waals surface area (Å²) >= 11 is 5.84. The molecular weight excluding hydrogens is 417 g/mol. The Morgan fingerprint density at radius 3 is 2.30 bits per heavy atom. The molecule has 5 nitrogen and oxygen atoms in total. The van der Waals surface area contributed by atoms with Gasteiger partial charge in [-0.05, 0) is 31.9 Å². The molecule has 30 heavy (non-hydrogen) atoms. The lowest BCUT2D eigenvalue weighted by Gasteiger charge is -2.17. The zero-order valence-electron chi connectivity index (χ0n) is 16.6. The lowest BCUT2D eigenvalue weighted by Crippen LogP contribution is -2.33. The van der Waals surface area contributed by atoms with Crippen molar-refractivity contribution in [2.45, 2.75) is 39.5 Å². The van der Waals surface area contributed by atoms with E-state index in [-0.39, 0.29) is 40.3 Å². The van der Waals surface area contributed by atoms with Gasteiger partial charge in [0.05, 0.1) is 10.6 Å². The number of hydrogen-bond donors (Lipinski definition) is 1. The van der Waals surface area contributed by atoms with Gasteiger partial charge in [0.25, 0.3) is 5.91 Å². The zero-order chi connectivity index (χ0) is 22.1. The predicted molar refractivity (Wildman–Crippen MR) is 108 cm³/mol.